The van der Waals surface area contributed by atoms with Gasteiger partial charge in [-0.05, 0) is 54.3 Å². The number of benzene rings is 2. The van der Waals surface area contributed by atoms with Crippen LogP contribution in [0.1, 0.15) is 40.9 Å². The Labute approximate surface area is 149 Å². The van der Waals surface area contributed by atoms with Gasteiger partial charge in [0.05, 0.1) is 20.3 Å². The molecule has 1 atom stereocenters. The zero-order chi connectivity index (χ0) is 18.2. The molecule has 4 heteroatoms. The summed E-state index contributed by atoms with van der Waals surface area (Å²) in [5.41, 5.74) is 2.61. The zero-order valence-corrected chi connectivity index (χ0v) is 15.0. The topological polar surface area (TPSA) is 47.6 Å². The van der Waals surface area contributed by atoms with E-state index in [0.29, 0.717) is 12.0 Å². The number of ether oxygens (including phenoxy) is 2. The van der Waals surface area contributed by atoms with Gasteiger partial charge in [-0.15, -0.1) is 6.58 Å². The number of carbonyl (C=O) groups is 1. The van der Waals surface area contributed by atoms with E-state index in [1.165, 1.54) is 0 Å². The highest BCUT2D eigenvalue weighted by molar-refractivity contribution is 5.94. The summed E-state index contributed by atoms with van der Waals surface area (Å²) in [7, 11) is 3.26. The molecule has 0 aliphatic heterocycles. The predicted molar refractivity (Wildman–Crippen MR) is 100 cm³/mol. The van der Waals surface area contributed by atoms with Gasteiger partial charge in [0.15, 0.2) is 0 Å². The molecule has 0 aliphatic carbocycles. The Kier molecular flexibility index (Phi) is 6.63. The molecule has 0 saturated carbocycles. The lowest BCUT2D eigenvalue weighted by Gasteiger charge is -2.18. The SMILES string of the molecule is C=CCc1cc(C(=O)N[C@H](CC)c2ccc(OC)cc2)ccc1OC. The van der Waals surface area contributed by atoms with Crippen molar-refractivity contribution < 1.29 is 14.3 Å². The van der Waals surface area contributed by atoms with E-state index in [-0.39, 0.29) is 11.9 Å². The van der Waals surface area contributed by atoms with Crippen LogP contribution in [0.2, 0.25) is 0 Å². The van der Waals surface area contributed by atoms with Crippen molar-refractivity contribution in [2.24, 2.45) is 0 Å². The molecule has 2 aromatic rings. The van der Waals surface area contributed by atoms with Crippen LogP contribution in [0.25, 0.3) is 0 Å². The second-order valence-electron chi connectivity index (χ2n) is 5.73. The molecule has 0 unspecified atom stereocenters. The number of allylic oxidation sites excluding steroid dienone is 1. The maximum Gasteiger partial charge on any atom is 0.251 e. The lowest BCUT2D eigenvalue weighted by atomic mass is 10.0. The van der Waals surface area contributed by atoms with Gasteiger partial charge in [0, 0.05) is 5.56 Å². The summed E-state index contributed by atoms with van der Waals surface area (Å²) in [5, 5.41) is 3.10. The van der Waals surface area contributed by atoms with Crippen LogP contribution in [-0.2, 0) is 6.42 Å². The molecule has 25 heavy (non-hydrogen) atoms. The molecule has 0 spiro atoms. The Morgan fingerprint density at radius 1 is 1.16 bits per heavy atom. The Morgan fingerprint density at radius 2 is 1.88 bits per heavy atom. The van der Waals surface area contributed by atoms with Gasteiger partial charge in [-0.1, -0.05) is 25.1 Å². The van der Waals surface area contributed by atoms with Crippen molar-refractivity contribution in [3.63, 3.8) is 0 Å². The van der Waals surface area contributed by atoms with Gasteiger partial charge in [-0.2, -0.15) is 0 Å². The highest BCUT2D eigenvalue weighted by Crippen LogP contribution is 2.23. The van der Waals surface area contributed by atoms with Crippen molar-refractivity contribution >= 4 is 5.91 Å². The molecule has 0 aliphatic rings. The van der Waals surface area contributed by atoms with E-state index in [4.69, 9.17) is 9.47 Å². The van der Waals surface area contributed by atoms with E-state index in [1.54, 1.807) is 26.4 Å². The molecule has 0 radical (unpaired) electrons. The smallest absolute Gasteiger partial charge is 0.251 e. The van der Waals surface area contributed by atoms with Crippen molar-refractivity contribution in [2.45, 2.75) is 25.8 Å². The molecule has 0 fully saturated rings. The third kappa shape index (κ3) is 4.63. The first-order chi connectivity index (χ1) is 12.1. The summed E-state index contributed by atoms with van der Waals surface area (Å²) in [6.45, 7) is 5.80. The van der Waals surface area contributed by atoms with Crippen LogP contribution < -0.4 is 14.8 Å². The first-order valence-electron chi connectivity index (χ1n) is 8.35. The fourth-order valence-electron chi connectivity index (χ4n) is 2.73. The van der Waals surface area contributed by atoms with E-state index in [2.05, 4.69) is 11.9 Å². The lowest BCUT2D eigenvalue weighted by molar-refractivity contribution is 0.0935. The monoisotopic (exact) mass is 339 g/mol. The summed E-state index contributed by atoms with van der Waals surface area (Å²) in [5.74, 6) is 1.46. The van der Waals surface area contributed by atoms with Crippen molar-refractivity contribution in [1.82, 2.24) is 5.32 Å². The number of hydrogen-bond donors (Lipinski definition) is 1. The minimum Gasteiger partial charge on any atom is -0.497 e. The fourth-order valence-corrected chi connectivity index (χ4v) is 2.73. The van der Waals surface area contributed by atoms with Crippen LogP contribution in [0.3, 0.4) is 0 Å². The first-order valence-corrected chi connectivity index (χ1v) is 8.35. The number of amides is 1. The van der Waals surface area contributed by atoms with E-state index in [1.807, 2.05) is 43.3 Å². The second-order valence-corrected chi connectivity index (χ2v) is 5.73. The van der Waals surface area contributed by atoms with Gasteiger partial charge >= 0.3 is 0 Å². The highest BCUT2D eigenvalue weighted by Gasteiger charge is 2.15. The average molecular weight is 339 g/mol. The predicted octanol–water partition coefficient (Wildman–Crippen LogP) is 4.31. The zero-order valence-electron chi connectivity index (χ0n) is 15.0. The standard InChI is InChI=1S/C21H25NO3/c1-5-7-16-14-17(10-13-20(16)25-4)21(23)22-19(6-2)15-8-11-18(24-3)12-9-15/h5,8-14,19H,1,6-7H2,2-4H3,(H,22,23)/t19-/m1/s1. The molecule has 0 bridgehead atoms. The van der Waals surface area contributed by atoms with Crippen LogP contribution in [0, 0.1) is 0 Å². The molecule has 0 saturated heterocycles. The minimum absolute atomic E-state index is 0.0524. The van der Waals surface area contributed by atoms with Gasteiger partial charge in [0.2, 0.25) is 0 Å². The number of carbonyl (C=O) groups excluding carboxylic acids is 1. The van der Waals surface area contributed by atoms with Crippen molar-refractivity contribution in [2.75, 3.05) is 14.2 Å². The number of hydrogen-bond acceptors (Lipinski definition) is 3. The molecule has 0 aromatic heterocycles. The fraction of sp³-hybridized carbons (Fsp3) is 0.286. The van der Waals surface area contributed by atoms with Crippen molar-refractivity contribution in [3.05, 3.63) is 71.8 Å². The molecule has 2 aromatic carbocycles. The summed E-state index contributed by atoms with van der Waals surface area (Å²) >= 11 is 0. The highest BCUT2D eigenvalue weighted by atomic mass is 16.5. The summed E-state index contributed by atoms with van der Waals surface area (Å²) in [6, 6.07) is 13.2. The molecule has 4 nitrogen and oxygen atoms in total. The van der Waals surface area contributed by atoms with Gasteiger partial charge < -0.3 is 14.8 Å². The molecular weight excluding hydrogens is 314 g/mol. The van der Waals surface area contributed by atoms with Crippen LogP contribution in [0.15, 0.2) is 55.1 Å². The maximum absolute atomic E-state index is 12.7. The Hall–Kier alpha value is -2.75. The van der Waals surface area contributed by atoms with Gasteiger partial charge in [-0.3, -0.25) is 4.79 Å². The summed E-state index contributed by atoms with van der Waals surface area (Å²) < 4.78 is 10.5. The van der Waals surface area contributed by atoms with E-state index in [9.17, 15) is 4.79 Å². The number of rotatable bonds is 8. The van der Waals surface area contributed by atoms with Crippen molar-refractivity contribution in [1.29, 1.82) is 0 Å². The molecule has 132 valence electrons. The molecule has 1 amide bonds. The summed E-state index contributed by atoms with van der Waals surface area (Å²) in [4.78, 5) is 12.7. The third-order valence-corrected chi connectivity index (χ3v) is 4.14. The Balaban J connectivity index is 2.18. The molecular formula is C21H25NO3. The molecule has 1 N–H and O–H groups in total. The van der Waals surface area contributed by atoms with E-state index >= 15 is 0 Å². The van der Waals surface area contributed by atoms with Crippen LogP contribution >= 0.6 is 0 Å². The first kappa shape index (κ1) is 18.6. The maximum atomic E-state index is 12.7. The minimum atomic E-state index is -0.101. The van der Waals surface area contributed by atoms with Crippen LogP contribution in [-0.4, -0.2) is 20.1 Å². The van der Waals surface area contributed by atoms with Crippen LogP contribution in [0.4, 0.5) is 0 Å². The molecule has 2 rings (SSSR count). The quantitative estimate of drug-likeness (QED) is 0.729. The van der Waals surface area contributed by atoms with Crippen molar-refractivity contribution in [3.8, 4) is 11.5 Å². The summed E-state index contributed by atoms with van der Waals surface area (Å²) in [6.07, 6.45) is 3.25. The Bertz CT molecular complexity index is 722. The Morgan fingerprint density at radius 3 is 2.44 bits per heavy atom. The van der Waals surface area contributed by atoms with E-state index in [0.717, 1.165) is 29.0 Å². The van der Waals surface area contributed by atoms with E-state index < -0.39 is 0 Å². The second kappa shape index (κ2) is 8.92. The van der Waals surface area contributed by atoms with Gasteiger partial charge in [0.25, 0.3) is 5.91 Å². The van der Waals surface area contributed by atoms with Gasteiger partial charge in [-0.25, -0.2) is 0 Å². The largest absolute Gasteiger partial charge is 0.497 e. The normalized spacial score (nSPS) is 11.5. The average Bonchev–Trinajstić information content (AvgIpc) is 2.66. The number of methoxy groups -OCH3 is 2. The number of nitrogens with one attached hydrogen (secondary N) is 1. The lowest BCUT2D eigenvalue weighted by Crippen LogP contribution is -2.28. The van der Waals surface area contributed by atoms with Crippen LogP contribution in [0.5, 0.6) is 11.5 Å². The van der Waals surface area contributed by atoms with Gasteiger partial charge in [0.1, 0.15) is 11.5 Å². The third-order valence-electron chi connectivity index (χ3n) is 4.14. The molecule has 0 heterocycles.